The lowest BCUT2D eigenvalue weighted by Crippen LogP contribution is -2.23. The summed E-state index contributed by atoms with van der Waals surface area (Å²) in [5.74, 6) is 0. The Hall–Kier alpha value is -0.0800. The van der Waals surface area contributed by atoms with Crippen LogP contribution in [0.4, 0.5) is 0 Å². The van der Waals surface area contributed by atoms with Crippen LogP contribution in [0.2, 0.25) is 0 Å². The van der Waals surface area contributed by atoms with E-state index in [0.29, 0.717) is 6.10 Å². The van der Waals surface area contributed by atoms with Gasteiger partial charge in [-0.15, -0.1) is 0 Å². The van der Waals surface area contributed by atoms with Gasteiger partial charge in [0.1, 0.15) is 0 Å². The predicted octanol–water partition coefficient (Wildman–Crippen LogP) is 1.02. The Bertz CT molecular complexity index is 56.9. The van der Waals surface area contributed by atoms with Gasteiger partial charge >= 0.3 is 0 Å². The molecule has 0 aliphatic heterocycles. The molecule has 2 nitrogen and oxygen atoms in total. The molecule has 1 atom stereocenters. The number of hydrogen-bond donors (Lipinski definition) is 1. The second kappa shape index (κ2) is 6.05. The van der Waals surface area contributed by atoms with Gasteiger partial charge in [-0.25, -0.2) is 0 Å². The highest BCUT2D eigenvalue weighted by molar-refractivity contribution is 4.50. The van der Waals surface area contributed by atoms with Gasteiger partial charge in [0, 0.05) is 13.2 Å². The fourth-order valence-corrected chi connectivity index (χ4v) is 0.665. The number of rotatable bonds is 5. The molecule has 9 heavy (non-hydrogen) atoms. The average molecular weight is 131 g/mol. The van der Waals surface area contributed by atoms with E-state index in [4.69, 9.17) is 4.74 Å². The molecule has 0 heterocycles. The third-order valence-corrected chi connectivity index (χ3v) is 1.10. The molecular formula is C7H17NO. The molecule has 1 N–H and O–H groups in total. The normalized spacial score (nSPS) is 13.7. The molecule has 0 radical (unpaired) electrons. The molecule has 0 aliphatic carbocycles. The molecule has 0 aromatic heterocycles. The Balaban J connectivity index is 2.95. The van der Waals surface area contributed by atoms with E-state index in [-0.39, 0.29) is 0 Å². The van der Waals surface area contributed by atoms with E-state index in [2.05, 4.69) is 19.2 Å². The number of ether oxygens (including phenoxy) is 1. The van der Waals surface area contributed by atoms with Crippen molar-refractivity contribution in [2.45, 2.75) is 26.4 Å². The first-order chi connectivity index (χ1) is 4.31. The van der Waals surface area contributed by atoms with E-state index in [1.54, 1.807) is 0 Å². The zero-order chi connectivity index (χ0) is 7.11. The fourth-order valence-electron chi connectivity index (χ4n) is 0.665. The van der Waals surface area contributed by atoms with Crippen molar-refractivity contribution in [3.05, 3.63) is 0 Å². The standard InChI is InChI=1S/C7H17NO/c1-4-5-9-7(2)6-8-3/h7-8H,4-6H2,1-3H3. The van der Waals surface area contributed by atoms with Crippen LogP contribution in [0.5, 0.6) is 0 Å². The lowest BCUT2D eigenvalue weighted by Gasteiger charge is -2.10. The van der Waals surface area contributed by atoms with E-state index >= 15 is 0 Å². The van der Waals surface area contributed by atoms with Crippen LogP contribution >= 0.6 is 0 Å². The minimum atomic E-state index is 0.356. The molecule has 0 saturated carbocycles. The van der Waals surface area contributed by atoms with Crippen molar-refractivity contribution in [3.8, 4) is 0 Å². The average Bonchev–Trinajstić information content (AvgIpc) is 1.85. The lowest BCUT2D eigenvalue weighted by atomic mass is 10.4. The number of hydrogen-bond acceptors (Lipinski definition) is 2. The zero-order valence-corrected chi connectivity index (χ0v) is 6.61. The van der Waals surface area contributed by atoms with Gasteiger partial charge in [-0.1, -0.05) is 6.92 Å². The van der Waals surface area contributed by atoms with Crippen LogP contribution in [0.25, 0.3) is 0 Å². The molecule has 0 aromatic rings. The van der Waals surface area contributed by atoms with Gasteiger partial charge in [0.05, 0.1) is 6.10 Å². The van der Waals surface area contributed by atoms with E-state index in [1.807, 2.05) is 7.05 Å². The summed E-state index contributed by atoms with van der Waals surface area (Å²) in [4.78, 5) is 0. The topological polar surface area (TPSA) is 21.3 Å². The summed E-state index contributed by atoms with van der Waals surface area (Å²) in [6.45, 7) is 6.01. The molecule has 56 valence electrons. The van der Waals surface area contributed by atoms with Gasteiger partial charge in [0.2, 0.25) is 0 Å². The van der Waals surface area contributed by atoms with Crippen LogP contribution in [-0.4, -0.2) is 26.3 Å². The van der Waals surface area contributed by atoms with E-state index in [9.17, 15) is 0 Å². The summed E-state index contributed by atoms with van der Waals surface area (Å²) in [6, 6.07) is 0. The second-order valence-electron chi connectivity index (χ2n) is 2.24. The first-order valence-corrected chi connectivity index (χ1v) is 3.57. The summed E-state index contributed by atoms with van der Waals surface area (Å²) in [6.07, 6.45) is 1.46. The molecule has 0 amide bonds. The fraction of sp³-hybridized carbons (Fsp3) is 1.00. The van der Waals surface area contributed by atoms with Crippen LogP contribution in [0.3, 0.4) is 0 Å². The summed E-state index contributed by atoms with van der Waals surface area (Å²) < 4.78 is 5.37. The van der Waals surface area contributed by atoms with Crippen molar-refractivity contribution >= 4 is 0 Å². The summed E-state index contributed by atoms with van der Waals surface area (Å²) in [7, 11) is 1.94. The quantitative estimate of drug-likeness (QED) is 0.601. The van der Waals surface area contributed by atoms with Crippen molar-refractivity contribution in [1.29, 1.82) is 0 Å². The van der Waals surface area contributed by atoms with Crippen molar-refractivity contribution < 1.29 is 4.74 Å². The minimum Gasteiger partial charge on any atom is -0.377 e. The van der Waals surface area contributed by atoms with E-state index < -0.39 is 0 Å². The van der Waals surface area contributed by atoms with Gasteiger partial charge < -0.3 is 10.1 Å². The Morgan fingerprint density at radius 3 is 2.67 bits per heavy atom. The molecule has 0 spiro atoms. The van der Waals surface area contributed by atoms with Crippen molar-refractivity contribution in [2.75, 3.05) is 20.2 Å². The Morgan fingerprint density at radius 1 is 1.56 bits per heavy atom. The SMILES string of the molecule is CCCOC(C)CNC. The molecule has 0 aromatic carbocycles. The maximum Gasteiger partial charge on any atom is 0.0671 e. The van der Waals surface area contributed by atoms with Crippen LogP contribution in [-0.2, 0) is 4.74 Å². The number of likely N-dealkylation sites (N-methyl/N-ethyl adjacent to an activating group) is 1. The van der Waals surface area contributed by atoms with Crippen LogP contribution in [0, 0.1) is 0 Å². The maximum atomic E-state index is 5.37. The van der Waals surface area contributed by atoms with Crippen LogP contribution < -0.4 is 5.32 Å². The van der Waals surface area contributed by atoms with Gasteiger partial charge in [0.15, 0.2) is 0 Å². The molecule has 0 rings (SSSR count). The minimum absolute atomic E-state index is 0.356. The second-order valence-corrected chi connectivity index (χ2v) is 2.24. The molecule has 2 heteroatoms. The molecule has 0 fully saturated rings. The monoisotopic (exact) mass is 131 g/mol. The molecule has 0 saturated heterocycles. The summed E-state index contributed by atoms with van der Waals surface area (Å²) in [5, 5.41) is 3.05. The highest BCUT2D eigenvalue weighted by atomic mass is 16.5. The summed E-state index contributed by atoms with van der Waals surface area (Å²) >= 11 is 0. The third kappa shape index (κ3) is 5.80. The molecule has 0 aliphatic rings. The van der Waals surface area contributed by atoms with E-state index in [0.717, 1.165) is 19.6 Å². The van der Waals surface area contributed by atoms with Crippen molar-refractivity contribution in [2.24, 2.45) is 0 Å². The molecular weight excluding hydrogens is 114 g/mol. The predicted molar refractivity (Wildman–Crippen MR) is 39.6 cm³/mol. The van der Waals surface area contributed by atoms with Crippen LogP contribution in [0.15, 0.2) is 0 Å². The van der Waals surface area contributed by atoms with Crippen LogP contribution in [0.1, 0.15) is 20.3 Å². The molecule has 1 unspecified atom stereocenters. The molecule has 0 bridgehead atoms. The Labute approximate surface area is 57.6 Å². The summed E-state index contributed by atoms with van der Waals surface area (Å²) in [5.41, 5.74) is 0. The van der Waals surface area contributed by atoms with Gasteiger partial charge in [-0.2, -0.15) is 0 Å². The largest absolute Gasteiger partial charge is 0.377 e. The van der Waals surface area contributed by atoms with Crippen molar-refractivity contribution in [3.63, 3.8) is 0 Å². The number of nitrogens with one attached hydrogen (secondary N) is 1. The third-order valence-electron chi connectivity index (χ3n) is 1.10. The van der Waals surface area contributed by atoms with Gasteiger partial charge in [-0.05, 0) is 20.4 Å². The van der Waals surface area contributed by atoms with E-state index in [1.165, 1.54) is 0 Å². The highest BCUT2D eigenvalue weighted by Gasteiger charge is 1.96. The smallest absolute Gasteiger partial charge is 0.0671 e. The van der Waals surface area contributed by atoms with Gasteiger partial charge in [0.25, 0.3) is 0 Å². The maximum absolute atomic E-state index is 5.37. The first-order valence-electron chi connectivity index (χ1n) is 3.57. The zero-order valence-electron chi connectivity index (χ0n) is 6.61. The Kier molecular flexibility index (Phi) is 5.99. The first kappa shape index (κ1) is 8.92. The lowest BCUT2D eigenvalue weighted by molar-refractivity contribution is 0.0678. The highest BCUT2D eigenvalue weighted by Crippen LogP contribution is 1.88. The Morgan fingerprint density at radius 2 is 2.22 bits per heavy atom. The van der Waals surface area contributed by atoms with Gasteiger partial charge in [-0.3, -0.25) is 0 Å². The van der Waals surface area contributed by atoms with Crippen molar-refractivity contribution in [1.82, 2.24) is 5.32 Å².